The number of hydrogen-bond donors (Lipinski definition) is 2. The van der Waals surface area contributed by atoms with E-state index in [-0.39, 0.29) is 18.1 Å². The SMILES string of the molecule is COc1ccc(CCNCCCN2C(=O)c3c(cc(Br)c4nc(-c5ccc(C)c([N+](=O)[O-])c5)[nH]c34)C(C)(C)C2=O)cc1OC. The van der Waals surface area contributed by atoms with Gasteiger partial charge >= 0.3 is 0 Å². The number of nitro benzene ring substituents is 1. The van der Waals surface area contributed by atoms with E-state index in [1.54, 1.807) is 39.3 Å². The number of hydrogen-bond acceptors (Lipinski definition) is 8. The highest BCUT2D eigenvalue weighted by Gasteiger charge is 2.46. The zero-order valence-electron chi connectivity index (χ0n) is 25.2. The molecule has 230 valence electrons. The lowest BCUT2D eigenvalue weighted by Gasteiger charge is -2.37. The number of fused-ring (bicyclic) bond motifs is 3. The van der Waals surface area contributed by atoms with Crippen LogP contribution in [0.3, 0.4) is 0 Å². The first-order valence-corrected chi connectivity index (χ1v) is 15.0. The number of rotatable bonds is 11. The van der Waals surface area contributed by atoms with Gasteiger partial charge in [0.25, 0.3) is 11.6 Å². The molecular formula is C32H34BrN5O6. The molecule has 2 N–H and O–H groups in total. The number of nitrogens with one attached hydrogen (secondary N) is 2. The van der Waals surface area contributed by atoms with Crippen molar-refractivity contribution in [3.05, 3.63) is 79.3 Å². The van der Waals surface area contributed by atoms with E-state index in [1.807, 2.05) is 32.0 Å². The monoisotopic (exact) mass is 663 g/mol. The van der Waals surface area contributed by atoms with Gasteiger partial charge in [-0.25, -0.2) is 4.98 Å². The second-order valence-corrected chi connectivity index (χ2v) is 12.1. The van der Waals surface area contributed by atoms with E-state index in [9.17, 15) is 19.7 Å². The summed E-state index contributed by atoms with van der Waals surface area (Å²) >= 11 is 3.57. The van der Waals surface area contributed by atoms with Crippen LogP contribution in [0, 0.1) is 17.0 Å². The molecule has 12 heteroatoms. The zero-order chi connectivity index (χ0) is 31.8. The fraction of sp³-hybridized carbons (Fsp3) is 0.344. The third kappa shape index (κ3) is 5.67. The van der Waals surface area contributed by atoms with Gasteiger partial charge in [-0.3, -0.25) is 24.6 Å². The maximum absolute atomic E-state index is 13.9. The standard InChI is InChI=1S/C32H34BrN5O6/c1-18-7-9-20(16-23(18)38(41)42)29-35-27-22(33)17-21-26(28(27)36-29)30(39)37(31(40)32(21,2)3)14-6-12-34-13-11-19-8-10-24(43-4)25(15-19)44-5/h7-10,15-17,34H,6,11-14H2,1-5H3,(H,35,36). The van der Waals surface area contributed by atoms with Crippen LogP contribution in [0.1, 0.15) is 47.3 Å². The molecule has 1 aromatic heterocycles. The number of imidazole rings is 1. The van der Waals surface area contributed by atoms with E-state index >= 15 is 0 Å². The molecule has 11 nitrogen and oxygen atoms in total. The maximum atomic E-state index is 13.9. The Morgan fingerprint density at radius 2 is 1.82 bits per heavy atom. The molecule has 0 radical (unpaired) electrons. The number of H-pyrrole nitrogens is 1. The van der Waals surface area contributed by atoms with E-state index < -0.39 is 16.2 Å². The first kappa shape index (κ1) is 31.1. The summed E-state index contributed by atoms with van der Waals surface area (Å²) in [5.74, 6) is 1.10. The Morgan fingerprint density at radius 1 is 1.07 bits per heavy atom. The second kappa shape index (κ2) is 12.4. The van der Waals surface area contributed by atoms with Gasteiger partial charge < -0.3 is 19.8 Å². The number of ether oxygens (including phenoxy) is 2. The lowest BCUT2D eigenvalue weighted by Crippen LogP contribution is -2.52. The molecule has 0 spiro atoms. The summed E-state index contributed by atoms with van der Waals surface area (Å²) in [7, 11) is 3.21. The van der Waals surface area contributed by atoms with Gasteiger partial charge in [0.15, 0.2) is 11.5 Å². The molecule has 5 rings (SSSR count). The van der Waals surface area contributed by atoms with Crippen molar-refractivity contribution in [2.75, 3.05) is 33.9 Å². The summed E-state index contributed by atoms with van der Waals surface area (Å²) in [6, 6.07) is 12.5. The molecule has 4 aromatic rings. The number of nitrogens with zero attached hydrogens (tertiary/aromatic N) is 3. The quantitative estimate of drug-likeness (QED) is 0.0900. The number of carbonyl (C=O) groups is 2. The lowest BCUT2D eigenvalue weighted by atomic mass is 9.76. The highest BCUT2D eigenvalue weighted by atomic mass is 79.9. The fourth-order valence-electron chi connectivity index (χ4n) is 5.57. The van der Waals surface area contributed by atoms with Crippen LogP contribution in [-0.4, -0.2) is 65.5 Å². The van der Waals surface area contributed by atoms with Crippen LogP contribution in [0.5, 0.6) is 11.5 Å². The summed E-state index contributed by atoms with van der Waals surface area (Å²) in [5.41, 5.74) is 3.15. The van der Waals surface area contributed by atoms with E-state index in [2.05, 4.69) is 31.2 Å². The molecule has 0 bridgehead atoms. The Bertz CT molecular complexity index is 1780. The normalized spacial score (nSPS) is 14.2. The van der Waals surface area contributed by atoms with Gasteiger partial charge in [0.2, 0.25) is 5.91 Å². The molecule has 2 heterocycles. The Labute approximate surface area is 263 Å². The number of carbonyl (C=O) groups excluding carboxylic acids is 2. The molecule has 0 saturated carbocycles. The van der Waals surface area contributed by atoms with Gasteiger partial charge in [0, 0.05) is 28.2 Å². The Hall–Kier alpha value is -4.29. The average Bonchev–Trinajstić information content (AvgIpc) is 3.45. The number of amides is 2. The first-order valence-electron chi connectivity index (χ1n) is 14.2. The van der Waals surface area contributed by atoms with Crippen molar-refractivity contribution in [3.63, 3.8) is 0 Å². The van der Waals surface area contributed by atoms with E-state index in [0.29, 0.717) is 74.6 Å². The van der Waals surface area contributed by atoms with Gasteiger partial charge in [-0.2, -0.15) is 0 Å². The van der Waals surface area contributed by atoms with E-state index in [4.69, 9.17) is 9.47 Å². The number of imide groups is 1. The third-order valence-corrected chi connectivity index (χ3v) is 8.69. The van der Waals surface area contributed by atoms with Crippen LogP contribution in [0.4, 0.5) is 5.69 Å². The smallest absolute Gasteiger partial charge is 0.273 e. The van der Waals surface area contributed by atoms with Gasteiger partial charge in [-0.15, -0.1) is 0 Å². The number of nitro groups is 1. The van der Waals surface area contributed by atoms with Crippen molar-refractivity contribution >= 4 is 44.5 Å². The molecule has 0 fully saturated rings. The van der Waals surface area contributed by atoms with Crippen molar-refractivity contribution < 1.29 is 24.0 Å². The van der Waals surface area contributed by atoms with Crippen LogP contribution >= 0.6 is 15.9 Å². The van der Waals surface area contributed by atoms with Crippen molar-refractivity contribution in [2.45, 2.75) is 39.0 Å². The van der Waals surface area contributed by atoms with Crippen molar-refractivity contribution in [3.8, 4) is 22.9 Å². The molecule has 3 aromatic carbocycles. The molecular weight excluding hydrogens is 630 g/mol. The molecule has 0 unspecified atom stereocenters. The van der Waals surface area contributed by atoms with Crippen LogP contribution in [0.25, 0.3) is 22.4 Å². The molecule has 0 saturated heterocycles. The van der Waals surface area contributed by atoms with Gasteiger partial charge in [0.1, 0.15) is 11.3 Å². The Morgan fingerprint density at radius 3 is 2.52 bits per heavy atom. The predicted molar refractivity (Wildman–Crippen MR) is 170 cm³/mol. The third-order valence-electron chi connectivity index (χ3n) is 8.09. The number of halogens is 1. The summed E-state index contributed by atoms with van der Waals surface area (Å²) in [4.78, 5) is 47.8. The second-order valence-electron chi connectivity index (χ2n) is 11.3. The average molecular weight is 665 g/mol. The number of methoxy groups -OCH3 is 2. The van der Waals surface area contributed by atoms with Gasteiger partial charge in [0.05, 0.1) is 35.6 Å². The minimum atomic E-state index is -0.964. The van der Waals surface area contributed by atoms with Crippen LogP contribution in [0.2, 0.25) is 0 Å². The fourth-order valence-corrected chi connectivity index (χ4v) is 6.09. The van der Waals surface area contributed by atoms with Gasteiger partial charge in [-0.05, 0) is 92.0 Å². The summed E-state index contributed by atoms with van der Waals surface area (Å²) in [6.07, 6.45) is 1.36. The lowest BCUT2D eigenvalue weighted by molar-refractivity contribution is -0.385. The summed E-state index contributed by atoms with van der Waals surface area (Å²) < 4.78 is 11.3. The maximum Gasteiger partial charge on any atom is 0.273 e. The highest BCUT2D eigenvalue weighted by Crippen LogP contribution is 2.41. The van der Waals surface area contributed by atoms with Gasteiger partial charge in [-0.1, -0.05) is 18.2 Å². The van der Waals surface area contributed by atoms with E-state index in [1.165, 1.54) is 11.0 Å². The Kier molecular flexibility index (Phi) is 8.76. The molecule has 0 atom stereocenters. The number of aryl methyl sites for hydroxylation is 1. The minimum Gasteiger partial charge on any atom is -0.493 e. The molecule has 0 aliphatic carbocycles. The Balaban J connectivity index is 1.34. The first-order chi connectivity index (χ1) is 21.0. The topological polar surface area (TPSA) is 140 Å². The number of aromatic amines is 1. The summed E-state index contributed by atoms with van der Waals surface area (Å²) in [6.45, 7) is 6.89. The van der Waals surface area contributed by atoms with Crippen LogP contribution in [0.15, 0.2) is 46.9 Å². The van der Waals surface area contributed by atoms with Crippen molar-refractivity contribution in [2.24, 2.45) is 0 Å². The number of benzene rings is 3. The number of aromatic nitrogens is 2. The van der Waals surface area contributed by atoms with Crippen molar-refractivity contribution in [1.29, 1.82) is 0 Å². The molecule has 1 aliphatic rings. The van der Waals surface area contributed by atoms with Crippen molar-refractivity contribution in [1.82, 2.24) is 20.2 Å². The van der Waals surface area contributed by atoms with Crippen LogP contribution < -0.4 is 14.8 Å². The highest BCUT2D eigenvalue weighted by molar-refractivity contribution is 9.10. The molecule has 1 aliphatic heterocycles. The predicted octanol–water partition coefficient (Wildman–Crippen LogP) is 5.71. The van der Waals surface area contributed by atoms with Crippen LogP contribution in [-0.2, 0) is 16.6 Å². The largest absolute Gasteiger partial charge is 0.493 e. The summed E-state index contributed by atoms with van der Waals surface area (Å²) in [5, 5.41) is 14.9. The minimum absolute atomic E-state index is 0.0182. The zero-order valence-corrected chi connectivity index (χ0v) is 26.8. The molecule has 44 heavy (non-hydrogen) atoms. The molecule has 2 amide bonds. The van der Waals surface area contributed by atoms with E-state index in [0.717, 1.165) is 12.0 Å².